The van der Waals surface area contributed by atoms with Crippen molar-refractivity contribution in [3.8, 4) is 0 Å². The maximum absolute atomic E-state index is 11.5. The molecule has 3 N–H and O–H groups in total. The summed E-state index contributed by atoms with van der Waals surface area (Å²) in [6.07, 6.45) is 0. The molecule has 0 radical (unpaired) electrons. The third-order valence-corrected chi connectivity index (χ3v) is 2.45. The largest absolute Gasteiger partial charge is 0.370 e. The Morgan fingerprint density at radius 3 is 2.65 bits per heavy atom. The highest BCUT2D eigenvalue weighted by Gasteiger charge is 2.08. The zero-order chi connectivity index (χ0) is 12.7. The predicted octanol–water partition coefficient (Wildman–Crippen LogP) is 1.15. The van der Waals surface area contributed by atoms with Gasteiger partial charge in [0, 0.05) is 6.54 Å². The molecule has 94 valence electrons. The Kier molecular flexibility index (Phi) is 5.66. The van der Waals surface area contributed by atoms with Crippen LogP contribution in [-0.4, -0.2) is 25.7 Å². The van der Waals surface area contributed by atoms with E-state index in [1.165, 1.54) is 5.56 Å². The van der Waals surface area contributed by atoms with E-state index in [0.29, 0.717) is 13.2 Å². The van der Waals surface area contributed by atoms with E-state index in [1.807, 2.05) is 38.1 Å². The second-order valence-electron chi connectivity index (χ2n) is 4.04. The molecule has 4 nitrogen and oxygen atoms in total. The SMILES string of the molecule is Cc1ccc(C(C)NC(=O)COCCN)cc1. The van der Waals surface area contributed by atoms with Gasteiger partial charge in [-0.2, -0.15) is 0 Å². The monoisotopic (exact) mass is 236 g/mol. The lowest BCUT2D eigenvalue weighted by Crippen LogP contribution is -2.30. The first kappa shape index (κ1) is 13.7. The van der Waals surface area contributed by atoms with E-state index >= 15 is 0 Å². The van der Waals surface area contributed by atoms with Crippen molar-refractivity contribution in [1.29, 1.82) is 0 Å². The molecule has 1 amide bonds. The van der Waals surface area contributed by atoms with E-state index in [2.05, 4.69) is 5.32 Å². The van der Waals surface area contributed by atoms with Crippen LogP contribution in [0.2, 0.25) is 0 Å². The number of nitrogens with two attached hydrogens (primary N) is 1. The van der Waals surface area contributed by atoms with Gasteiger partial charge in [0.05, 0.1) is 12.6 Å². The van der Waals surface area contributed by atoms with Gasteiger partial charge in [-0.1, -0.05) is 29.8 Å². The van der Waals surface area contributed by atoms with Crippen molar-refractivity contribution in [3.05, 3.63) is 35.4 Å². The molecule has 0 bridgehead atoms. The number of nitrogens with one attached hydrogen (secondary N) is 1. The fourth-order valence-electron chi connectivity index (χ4n) is 1.47. The second kappa shape index (κ2) is 7.04. The molecule has 0 fully saturated rings. The Balaban J connectivity index is 2.40. The number of rotatable bonds is 6. The van der Waals surface area contributed by atoms with Gasteiger partial charge in [-0.25, -0.2) is 0 Å². The molecule has 1 aromatic carbocycles. The fourth-order valence-corrected chi connectivity index (χ4v) is 1.47. The summed E-state index contributed by atoms with van der Waals surface area (Å²) >= 11 is 0. The van der Waals surface area contributed by atoms with E-state index in [-0.39, 0.29) is 18.6 Å². The topological polar surface area (TPSA) is 64.3 Å². The molecule has 0 aliphatic rings. The molecular weight excluding hydrogens is 216 g/mol. The van der Waals surface area contributed by atoms with Crippen molar-refractivity contribution in [2.24, 2.45) is 5.73 Å². The molecule has 1 rings (SSSR count). The molecule has 0 aromatic heterocycles. The highest BCUT2D eigenvalue weighted by Crippen LogP contribution is 2.12. The van der Waals surface area contributed by atoms with Crippen molar-refractivity contribution in [3.63, 3.8) is 0 Å². The lowest BCUT2D eigenvalue weighted by Gasteiger charge is -2.14. The first-order valence-corrected chi connectivity index (χ1v) is 5.77. The van der Waals surface area contributed by atoms with Gasteiger partial charge >= 0.3 is 0 Å². The summed E-state index contributed by atoms with van der Waals surface area (Å²) in [6.45, 7) is 4.89. The Labute approximate surface area is 102 Å². The van der Waals surface area contributed by atoms with Gasteiger partial charge in [-0.15, -0.1) is 0 Å². The van der Waals surface area contributed by atoms with Gasteiger partial charge in [0.2, 0.25) is 5.91 Å². The molecule has 1 aromatic rings. The van der Waals surface area contributed by atoms with E-state index < -0.39 is 0 Å². The van der Waals surface area contributed by atoms with Crippen molar-refractivity contribution >= 4 is 5.91 Å². The highest BCUT2D eigenvalue weighted by molar-refractivity contribution is 5.77. The fraction of sp³-hybridized carbons (Fsp3) is 0.462. The van der Waals surface area contributed by atoms with Gasteiger partial charge in [0.25, 0.3) is 0 Å². The molecule has 17 heavy (non-hydrogen) atoms. The van der Waals surface area contributed by atoms with Crippen molar-refractivity contribution in [1.82, 2.24) is 5.32 Å². The zero-order valence-corrected chi connectivity index (χ0v) is 10.4. The number of aryl methyl sites for hydroxylation is 1. The average Bonchev–Trinajstić information content (AvgIpc) is 2.30. The van der Waals surface area contributed by atoms with Gasteiger partial charge < -0.3 is 15.8 Å². The van der Waals surface area contributed by atoms with Crippen LogP contribution in [0.15, 0.2) is 24.3 Å². The quantitative estimate of drug-likeness (QED) is 0.728. The van der Waals surface area contributed by atoms with E-state index in [0.717, 1.165) is 5.56 Å². The molecule has 0 saturated carbocycles. The summed E-state index contributed by atoms with van der Waals surface area (Å²) in [6, 6.07) is 8.08. The maximum atomic E-state index is 11.5. The minimum Gasteiger partial charge on any atom is -0.370 e. The first-order chi connectivity index (χ1) is 8.13. The Morgan fingerprint density at radius 2 is 2.06 bits per heavy atom. The number of amides is 1. The van der Waals surface area contributed by atoms with Gasteiger partial charge in [-0.3, -0.25) is 4.79 Å². The van der Waals surface area contributed by atoms with Gasteiger partial charge in [-0.05, 0) is 19.4 Å². The minimum absolute atomic E-state index is 0.00965. The molecule has 0 spiro atoms. The van der Waals surface area contributed by atoms with E-state index in [1.54, 1.807) is 0 Å². The standard InChI is InChI=1S/C13H20N2O2/c1-10-3-5-12(6-4-10)11(2)15-13(16)9-17-8-7-14/h3-6,11H,7-9,14H2,1-2H3,(H,15,16). The summed E-state index contributed by atoms with van der Waals surface area (Å²) in [5, 5.41) is 2.87. The number of carbonyl (C=O) groups is 1. The molecule has 0 saturated heterocycles. The Hall–Kier alpha value is -1.39. The first-order valence-electron chi connectivity index (χ1n) is 5.77. The minimum atomic E-state index is -0.119. The summed E-state index contributed by atoms with van der Waals surface area (Å²) in [5.74, 6) is -0.119. The molecule has 1 atom stereocenters. The molecule has 4 heteroatoms. The van der Waals surface area contributed by atoms with Crippen LogP contribution in [0.5, 0.6) is 0 Å². The normalized spacial score (nSPS) is 12.2. The Morgan fingerprint density at radius 1 is 1.41 bits per heavy atom. The van der Waals surface area contributed by atoms with Crippen molar-refractivity contribution in [2.75, 3.05) is 19.8 Å². The lowest BCUT2D eigenvalue weighted by atomic mass is 10.1. The predicted molar refractivity (Wildman–Crippen MR) is 67.6 cm³/mol. The van der Waals surface area contributed by atoms with Gasteiger partial charge in [0.1, 0.15) is 6.61 Å². The van der Waals surface area contributed by atoms with Crippen LogP contribution < -0.4 is 11.1 Å². The van der Waals surface area contributed by atoms with E-state index in [9.17, 15) is 4.79 Å². The average molecular weight is 236 g/mol. The lowest BCUT2D eigenvalue weighted by molar-refractivity contribution is -0.126. The molecular formula is C13H20N2O2. The van der Waals surface area contributed by atoms with Crippen molar-refractivity contribution in [2.45, 2.75) is 19.9 Å². The Bertz CT molecular complexity index is 349. The zero-order valence-electron chi connectivity index (χ0n) is 10.4. The number of hydrogen-bond acceptors (Lipinski definition) is 3. The number of carbonyl (C=O) groups excluding carboxylic acids is 1. The number of benzene rings is 1. The molecule has 0 aliphatic carbocycles. The number of ether oxygens (including phenoxy) is 1. The molecule has 0 heterocycles. The summed E-state index contributed by atoms with van der Waals surface area (Å²) in [4.78, 5) is 11.5. The molecule has 0 aliphatic heterocycles. The van der Waals surface area contributed by atoms with Crippen LogP contribution in [0.25, 0.3) is 0 Å². The third-order valence-electron chi connectivity index (χ3n) is 2.45. The summed E-state index contributed by atoms with van der Waals surface area (Å²) < 4.78 is 5.06. The van der Waals surface area contributed by atoms with Crippen molar-refractivity contribution < 1.29 is 9.53 Å². The maximum Gasteiger partial charge on any atom is 0.246 e. The van der Waals surface area contributed by atoms with Crippen LogP contribution in [0.3, 0.4) is 0 Å². The number of hydrogen-bond donors (Lipinski definition) is 2. The highest BCUT2D eigenvalue weighted by atomic mass is 16.5. The van der Waals surface area contributed by atoms with Gasteiger partial charge in [0.15, 0.2) is 0 Å². The van der Waals surface area contributed by atoms with Crippen LogP contribution in [0, 0.1) is 6.92 Å². The smallest absolute Gasteiger partial charge is 0.246 e. The summed E-state index contributed by atoms with van der Waals surface area (Å²) in [7, 11) is 0. The van der Waals surface area contributed by atoms with Crippen LogP contribution in [0.1, 0.15) is 24.1 Å². The van der Waals surface area contributed by atoms with Crippen LogP contribution in [-0.2, 0) is 9.53 Å². The molecule has 1 unspecified atom stereocenters. The third kappa shape index (κ3) is 4.97. The van der Waals surface area contributed by atoms with Crippen LogP contribution in [0.4, 0.5) is 0 Å². The van der Waals surface area contributed by atoms with E-state index in [4.69, 9.17) is 10.5 Å². The summed E-state index contributed by atoms with van der Waals surface area (Å²) in [5.41, 5.74) is 7.56. The van der Waals surface area contributed by atoms with Crippen LogP contribution >= 0.6 is 0 Å². The second-order valence-corrected chi connectivity index (χ2v) is 4.04.